The van der Waals surface area contributed by atoms with E-state index in [4.69, 9.17) is 16.3 Å². The van der Waals surface area contributed by atoms with Gasteiger partial charge in [0.1, 0.15) is 17.4 Å². The first-order valence-electron chi connectivity index (χ1n) is 10.3. The van der Waals surface area contributed by atoms with Gasteiger partial charge in [0, 0.05) is 11.3 Å². The van der Waals surface area contributed by atoms with Gasteiger partial charge in [0.25, 0.3) is 11.8 Å². The molecule has 0 aliphatic heterocycles. The molecule has 0 heterocycles. The molecule has 2 amide bonds. The number of halogens is 1. The monoisotopic (exact) mass is 489 g/mol. The molecule has 0 atom stereocenters. The molecule has 0 radical (unpaired) electrons. The molecule has 2 N–H and O–H groups in total. The lowest BCUT2D eigenvalue weighted by molar-refractivity contribution is -0.118. The fourth-order valence-electron chi connectivity index (χ4n) is 2.93. The van der Waals surface area contributed by atoms with Crippen molar-refractivity contribution in [2.75, 3.05) is 24.4 Å². The second kappa shape index (κ2) is 12.0. The van der Waals surface area contributed by atoms with Crippen molar-refractivity contribution >= 4 is 46.8 Å². The summed E-state index contributed by atoms with van der Waals surface area (Å²) in [4.78, 5) is 36.4. The van der Waals surface area contributed by atoms with Crippen LogP contribution in [0.2, 0.25) is 5.02 Å². The second-order valence-electron chi connectivity index (χ2n) is 7.05. The lowest BCUT2D eigenvalue weighted by Gasteiger charge is -2.11. The van der Waals surface area contributed by atoms with E-state index in [1.165, 1.54) is 37.5 Å². The van der Waals surface area contributed by atoms with Gasteiger partial charge in [-0.2, -0.15) is 5.26 Å². The number of hydrogen-bond donors (Lipinski definition) is 2. The van der Waals surface area contributed by atoms with Crippen molar-refractivity contribution in [3.05, 3.63) is 94.5 Å². The van der Waals surface area contributed by atoms with Gasteiger partial charge in [-0.3, -0.25) is 9.59 Å². The summed E-state index contributed by atoms with van der Waals surface area (Å²) in [6.45, 7) is -0.309. The quantitative estimate of drug-likeness (QED) is 0.269. The smallest absolute Gasteiger partial charge is 0.337 e. The van der Waals surface area contributed by atoms with E-state index in [1.54, 1.807) is 48.5 Å². The molecule has 0 bridgehead atoms. The third-order valence-electron chi connectivity index (χ3n) is 4.65. The van der Waals surface area contributed by atoms with Crippen molar-refractivity contribution in [1.82, 2.24) is 0 Å². The molecule has 3 aromatic rings. The minimum atomic E-state index is -0.649. The molecular weight excluding hydrogens is 470 g/mol. The maximum Gasteiger partial charge on any atom is 0.337 e. The Labute approximate surface area is 206 Å². The van der Waals surface area contributed by atoms with Crippen molar-refractivity contribution in [3.8, 4) is 11.8 Å². The maximum absolute atomic E-state index is 12.6. The van der Waals surface area contributed by atoms with Gasteiger partial charge in [-0.05, 0) is 48.5 Å². The minimum Gasteiger partial charge on any atom is -0.483 e. The number of ether oxygens (including phenoxy) is 2. The predicted octanol–water partition coefficient (Wildman–Crippen LogP) is 4.69. The van der Waals surface area contributed by atoms with E-state index >= 15 is 0 Å². The highest BCUT2D eigenvalue weighted by molar-refractivity contribution is 6.33. The molecule has 3 aromatic carbocycles. The molecule has 0 aliphatic rings. The fourth-order valence-corrected chi connectivity index (χ4v) is 3.12. The van der Waals surface area contributed by atoms with Gasteiger partial charge < -0.3 is 20.1 Å². The van der Waals surface area contributed by atoms with Gasteiger partial charge in [0.2, 0.25) is 0 Å². The van der Waals surface area contributed by atoms with Crippen molar-refractivity contribution in [1.29, 1.82) is 5.26 Å². The average Bonchev–Trinajstić information content (AvgIpc) is 2.87. The van der Waals surface area contributed by atoms with Gasteiger partial charge in [0.05, 0.1) is 23.4 Å². The van der Waals surface area contributed by atoms with Crippen LogP contribution in [-0.2, 0) is 14.3 Å². The number of nitrogens with one attached hydrogen (secondary N) is 2. The molecule has 176 valence electrons. The Hall–Kier alpha value is -4.61. The highest BCUT2D eigenvalue weighted by atomic mass is 35.5. The number of para-hydroxylation sites is 2. The number of esters is 1. The van der Waals surface area contributed by atoms with Crippen LogP contribution in [0.1, 0.15) is 15.9 Å². The molecule has 0 unspecified atom stereocenters. The normalized spacial score (nSPS) is 10.6. The Morgan fingerprint density at radius 2 is 1.66 bits per heavy atom. The molecule has 0 fully saturated rings. The summed E-state index contributed by atoms with van der Waals surface area (Å²) in [5.41, 5.74) is 1.43. The Kier molecular flexibility index (Phi) is 8.59. The van der Waals surface area contributed by atoms with E-state index in [0.29, 0.717) is 33.3 Å². The molecule has 8 nitrogen and oxygen atoms in total. The summed E-state index contributed by atoms with van der Waals surface area (Å²) in [6.07, 6.45) is 1.36. The number of carbonyl (C=O) groups excluding carboxylic acids is 3. The number of nitrogens with zero attached hydrogens (tertiary/aromatic N) is 1. The molecule has 0 spiro atoms. The van der Waals surface area contributed by atoms with E-state index in [2.05, 4.69) is 15.4 Å². The highest BCUT2D eigenvalue weighted by Gasteiger charge is 2.13. The van der Waals surface area contributed by atoms with Crippen LogP contribution >= 0.6 is 11.6 Å². The first kappa shape index (κ1) is 25.0. The Morgan fingerprint density at radius 1 is 0.971 bits per heavy atom. The van der Waals surface area contributed by atoms with Gasteiger partial charge in [0.15, 0.2) is 6.61 Å². The summed E-state index contributed by atoms with van der Waals surface area (Å²) in [5, 5.41) is 15.2. The molecule has 35 heavy (non-hydrogen) atoms. The largest absolute Gasteiger partial charge is 0.483 e. The topological polar surface area (TPSA) is 118 Å². The van der Waals surface area contributed by atoms with E-state index < -0.39 is 17.8 Å². The van der Waals surface area contributed by atoms with Gasteiger partial charge in [-0.1, -0.05) is 41.9 Å². The number of benzene rings is 3. The highest BCUT2D eigenvalue weighted by Crippen LogP contribution is 2.23. The predicted molar refractivity (Wildman–Crippen MR) is 132 cm³/mol. The molecule has 9 heteroatoms. The maximum atomic E-state index is 12.6. The SMILES string of the molecule is COC(=O)c1ccc(NC(=O)/C(C#N)=C\c2ccccc2OCC(=O)Nc2ccccc2Cl)cc1. The van der Waals surface area contributed by atoms with Crippen LogP contribution in [0.5, 0.6) is 5.75 Å². The zero-order chi connectivity index (χ0) is 25.2. The van der Waals surface area contributed by atoms with E-state index in [-0.39, 0.29) is 12.2 Å². The van der Waals surface area contributed by atoms with Crippen LogP contribution in [0.25, 0.3) is 6.08 Å². The number of rotatable bonds is 8. The zero-order valence-corrected chi connectivity index (χ0v) is 19.3. The van der Waals surface area contributed by atoms with Crippen LogP contribution in [-0.4, -0.2) is 31.5 Å². The van der Waals surface area contributed by atoms with Gasteiger partial charge in [-0.25, -0.2) is 4.79 Å². The van der Waals surface area contributed by atoms with E-state index in [1.807, 2.05) is 6.07 Å². The van der Waals surface area contributed by atoms with E-state index in [0.717, 1.165) is 0 Å². The van der Waals surface area contributed by atoms with Crippen LogP contribution < -0.4 is 15.4 Å². The number of hydrogen-bond acceptors (Lipinski definition) is 6. The third kappa shape index (κ3) is 6.93. The fraction of sp³-hybridized carbons (Fsp3) is 0.0769. The Morgan fingerprint density at radius 3 is 2.34 bits per heavy atom. The summed E-state index contributed by atoms with van der Waals surface area (Å²) in [5.74, 6) is -1.27. The summed E-state index contributed by atoms with van der Waals surface area (Å²) >= 11 is 6.05. The van der Waals surface area contributed by atoms with Crippen LogP contribution in [0.15, 0.2) is 78.4 Å². The second-order valence-corrected chi connectivity index (χ2v) is 7.45. The standard InChI is InChI=1S/C26H20ClN3O5/c1-34-26(33)17-10-12-20(13-11-17)29-25(32)19(15-28)14-18-6-2-5-9-23(18)35-16-24(31)30-22-8-4-3-7-21(22)27/h2-14H,16H2,1H3,(H,29,32)(H,30,31)/b19-14-. The van der Waals surface area contributed by atoms with Crippen molar-refractivity contribution in [3.63, 3.8) is 0 Å². The first-order valence-corrected chi connectivity index (χ1v) is 10.7. The molecule has 0 saturated heterocycles. The van der Waals surface area contributed by atoms with Crippen molar-refractivity contribution < 1.29 is 23.9 Å². The third-order valence-corrected chi connectivity index (χ3v) is 4.98. The zero-order valence-electron chi connectivity index (χ0n) is 18.6. The lowest BCUT2D eigenvalue weighted by atomic mass is 10.1. The minimum absolute atomic E-state index is 0.182. The molecule has 0 aliphatic carbocycles. The first-order chi connectivity index (χ1) is 16.9. The number of methoxy groups -OCH3 is 1. The van der Waals surface area contributed by atoms with Crippen LogP contribution in [0.4, 0.5) is 11.4 Å². The van der Waals surface area contributed by atoms with Gasteiger partial charge in [-0.15, -0.1) is 0 Å². The Bertz CT molecular complexity index is 1310. The van der Waals surface area contributed by atoms with E-state index in [9.17, 15) is 19.6 Å². The number of amides is 2. The molecular formula is C26H20ClN3O5. The molecule has 0 saturated carbocycles. The molecule has 3 rings (SSSR count). The van der Waals surface area contributed by atoms with Crippen molar-refractivity contribution in [2.45, 2.75) is 0 Å². The van der Waals surface area contributed by atoms with Crippen molar-refractivity contribution in [2.24, 2.45) is 0 Å². The molecule has 0 aromatic heterocycles. The lowest BCUT2D eigenvalue weighted by Crippen LogP contribution is -2.20. The number of anilines is 2. The Balaban J connectivity index is 1.69. The average molecular weight is 490 g/mol. The van der Waals surface area contributed by atoms with Crippen LogP contribution in [0, 0.1) is 11.3 Å². The van der Waals surface area contributed by atoms with Crippen LogP contribution in [0.3, 0.4) is 0 Å². The number of carbonyl (C=O) groups is 3. The summed E-state index contributed by atoms with van der Waals surface area (Å²) in [6, 6.07) is 21.4. The van der Waals surface area contributed by atoms with Gasteiger partial charge >= 0.3 is 5.97 Å². The summed E-state index contributed by atoms with van der Waals surface area (Å²) in [7, 11) is 1.27. The number of nitriles is 1. The summed E-state index contributed by atoms with van der Waals surface area (Å²) < 4.78 is 10.3.